The van der Waals surface area contributed by atoms with Gasteiger partial charge in [-0.25, -0.2) is 0 Å². The van der Waals surface area contributed by atoms with Gasteiger partial charge in [-0.1, -0.05) is 23.7 Å². The first-order valence-corrected chi connectivity index (χ1v) is 5.12. The van der Waals surface area contributed by atoms with Crippen LogP contribution in [0.15, 0.2) is 18.2 Å². The maximum atomic E-state index is 5.97. The molecule has 2 rings (SSSR count). The van der Waals surface area contributed by atoms with E-state index in [0.29, 0.717) is 5.92 Å². The highest BCUT2D eigenvalue weighted by atomic mass is 35.5. The Hall–Kier alpha value is -0.240. The third kappa shape index (κ3) is 2.41. The van der Waals surface area contributed by atoms with Crippen molar-refractivity contribution in [3.63, 3.8) is 0 Å². The van der Waals surface area contributed by atoms with Crippen LogP contribution in [-0.4, -0.2) is 13.1 Å². The Morgan fingerprint density at radius 3 is 2.79 bits per heavy atom. The summed E-state index contributed by atoms with van der Waals surface area (Å²) in [4.78, 5) is 0. The van der Waals surface area contributed by atoms with E-state index in [0.717, 1.165) is 18.1 Å². The molecule has 1 unspecified atom stereocenters. The zero-order valence-electron chi connectivity index (χ0n) is 8.22. The van der Waals surface area contributed by atoms with Gasteiger partial charge in [0.05, 0.1) is 0 Å². The molecule has 0 aliphatic carbocycles. The molecule has 0 aromatic heterocycles. The number of benzene rings is 1. The molecule has 0 saturated carbocycles. The smallest absolute Gasteiger partial charge is 0.0435 e. The fraction of sp³-hybridized carbons (Fsp3) is 0.455. The number of hydrogen-bond donors (Lipinski definition) is 1. The SMILES string of the molecule is Cc1cc(C2CCNC2)ccc1Cl.Cl. The van der Waals surface area contributed by atoms with Crippen molar-refractivity contribution in [3.8, 4) is 0 Å². The van der Waals surface area contributed by atoms with Gasteiger partial charge in [-0.2, -0.15) is 0 Å². The lowest BCUT2D eigenvalue weighted by Crippen LogP contribution is -2.07. The minimum Gasteiger partial charge on any atom is -0.316 e. The highest BCUT2D eigenvalue weighted by Crippen LogP contribution is 2.25. The molecule has 0 spiro atoms. The molecule has 1 heterocycles. The first kappa shape index (κ1) is 11.8. The van der Waals surface area contributed by atoms with Gasteiger partial charge >= 0.3 is 0 Å². The lowest BCUT2D eigenvalue weighted by molar-refractivity contribution is 0.762. The van der Waals surface area contributed by atoms with Crippen molar-refractivity contribution in [2.24, 2.45) is 0 Å². The predicted molar refractivity (Wildman–Crippen MR) is 63.7 cm³/mol. The van der Waals surface area contributed by atoms with Crippen LogP contribution in [0.3, 0.4) is 0 Å². The summed E-state index contributed by atoms with van der Waals surface area (Å²) in [6.07, 6.45) is 1.25. The summed E-state index contributed by atoms with van der Waals surface area (Å²) in [6.45, 7) is 4.32. The third-order valence-corrected chi connectivity index (χ3v) is 3.14. The molecule has 1 saturated heterocycles. The Labute approximate surface area is 96.3 Å². The lowest BCUT2D eigenvalue weighted by Gasteiger charge is -2.09. The Morgan fingerprint density at radius 1 is 1.43 bits per heavy atom. The zero-order chi connectivity index (χ0) is 9.26. The van der Waals surface area contributed by atoms with Crippen molar-refractivity contribution in [3.05, 3.63) is 34.3 Å². The molecular weight excluding hydrogens is 217 g/mol. The van der Waals surface area contributed by atoms with Crippen molar-refractivity contribution in [2.75, 3.05) is 13.1 Å². The molecule has 1 aromatic rings. The van der Waals surface area contributed by atoms with E-state index in [1.165, 1.54) is 17.5 Å². The van der Waals surface area contributed by atoms with Crippen molar-refractivity contribution in [1.29, 1.82) is 0 Å². The van der Waals surface area contributed by atoms with Gasteiger partial charge in [0.1, 0.15) is 0 Å². The third-order valence-electron chi connectivity index (χ3n) is 2.71. The molecule has 1 aliphatic rings. The van der Waals surface area contributed by atoms with E-state index in [2.05, 4.69) is 24.4 Å². The normalized spacial score (nSPS) is 20.6. The van der Waals surface area contributed by atoms with Crippen LogP contribution in [0.1, 0.15) is 23.5 Å². The molecular formula is C11H15Cl2N. The van der Waals surface area contributed by atoms with Crippen molar-refractivity contribution < 1.29 is 0 Å². The van der Waals surface area contributed by atoms with Crippen LogP contribution in [0, 0.1) is 6.92 Å². The van der Waals surface area contributed by atoms with Crippen LogP contribution >= 0.6 is 24.0 Å². The second-order valence-corrected chi connectivity index (χ2v) is 4.11. The van der Waals surface area contributed by atoms with Crippen LogP contribution in [0.4, 0.5) is 0 Å². The zero-order valence-corrected chi connectivity index (χ0v) is 9.79. The molecule has 1 N–H and O–H groups in total. The van der Waals surface area contributed by atoms with Crippen molar-refractivity contribution in [2.45, 2.75) is 19.3 Å². The summed E-state index contributed by atoms with van der Waals surface area (Å²) in [5.41, 5.74) is 2.61. The highest BCUT2D eigenvalue weighted by molar-refractivity contribution is 6.31. The molecule has 78 valence electrons. The van der Waals surface area contributed by atoms with Crippen LogP contribution in [0.5, 0.6) is 0 Å². The average Bonchev–Trinajstić information content (AvgIpc) is 2.62. The van der Waals surface area contributed by atoms with E-state index in [1.54, 1.807) is 0 Å². The van der Waals surface area contributed by atoms with Gasteiger partial charge < -0.3 is 5.32 Å². The largest absolute Gasteiger partial charge is 0.316 e. The second-order valence-electron chi connectivity index (χ2n) is 3.70. The Kier molecular flexibility index (Phi) is 4.24. The molecule has 14 heavy (non-hydrogen) atoms. The van der Waals surface area contributed by atoms with E-state index in [-0.39, 0.29) is 12.4 Å². The molecule has 1 atom stereocenters. The molecule has 1 aliphatic heterocycles. The Morgan fingerprint density at radius 2 is 2.21 bits per heavy atom. The second kappa shape index (κ2) is 5.01. The van der Waals surface area contributed by atoms with Crippen LogP contribution < -0.4 is 5.32 Å². The quantitative estimate of drug-likeness (QED) is 0.784. The topological polar surface area (TPSA) is 12.0 Å². The molecule has 0 radical (unpaired) electrons. The first-order valence-electron chi connectivity index (χ1n) is 4.74. The fourth-order valence-electron chi connectivity index (χ4n) is 1.86. The van der Waals surface area contributed by atoms with Gasteiger partial charge in [-0.15, -0.1) is 12.4 Å². The van der Waals surface area contributed by atoms with Gasteiger partial charge in [0.15, 0.2) is 0 Å². The molecule has 1 aromatic carbocycles. The number of halogens is 2. The van der Waals surface area contributed by atoms with Crippen molar-refractivity contribution in [1.82, 2.24) is 5.32 Å². The van der Waals surface area contributed by atoms with E-state index in [1.807, 2.05) is 6.07 Å². The van der Waals surface area contributed by atoms with Crippen LogP contribution in [0.2, 0.25) is 5.02 Å². The fourth-order valence-corrected chi connectivity index (χ4v) is 1.98. The number of rotatable bonds is 1. The summed E-state index contributed by atoms with van der Waals surface area (Å²) in [7, 11) is 0. The maximum absolute atomic E-state index is 5.97. The summed E-state index contributed by atoms with van der Waals surface area (Å²) in [5.74, 6) is 0.691. The molecule has 1 nitrogen and oxygen atoms in total. The summed E-state index contributed by atoms with van der Waals surface area (Å²) < 4.78 is 0. The van der Waals surface area contributed by atoms with Gasteiger partial charge in [0.2, 0.25) is 0 Å². The summed E-state index contributed by atoms with van der Waals surface area (Å²) in [5, 5.41) is 4.24. The molecule has 3 heteroatoms. The monoisotopic (exact) mass is 231 g/mol. The standard InChI is InChI=1S/C11H14ClN.ClH/c1-8-6-9(2-3-11(8)12)10-4-5-13-7-10;/h2-3,6,10,13H,4-5,7H2,1H3;1H. The number of aryl methyl sites for hydroxylation is 1. The molecule has 0 amide bonds. The molecule has 0 bridgehead atoms. The lowest BCUT2D eigenvalue weighted by atomic mass is 9.97. The highest BCUT2D eigenvalue weighted by Gasteiger charge is 2.16. The van der Waals surface area contributed by atoms with E-state index in [4.69, 9.17) is 11.6 Å². The number of nitrogens with one attached hydrogen (secondary N) is 1. The van der Waals surface area contributed by atoms with Crippen LogP contribution in [0.25, 0.3) is 0 Å². The van der Waals surface area contributed by atoms with E-state index >= 15 is 0 Å². The van der Waals surface area contributed by atoms with Gasteiger partial charge in [0, 0.05) is 11.6 Å². The predicted octanol–water partition coefficient (Wildman–Crippen LogP) is 3.15. The summed E-state index contributed by atoms with van der Waals surface area (Å²) in [6, 6.07) is 6.36. The Bertz CT molecular complexity index is 306. The van der Waals surface area contributed by atoms with Crippen LogP contribution in [-0.2, 0) is 0 Å². The van der Waals surface area contributed by atoms with E-state index < -0.39 is 0 Å². The minimum atomic E-state index is 0. The summed E-state index contributed by atoms with van der Waals surface area (Å²) >= 11 is 5.97. The molecule has 1 fully saturated rings. The maximum Gasteiger partial charge on any atom is 0.0435 e. The van der Waals surface area contributed by atoms with Gasteiger partial charge in [-0.3, -0.25) is 0 Å². The Balaban J connectivity index is 0.000000980. The number of hydrogen-bond acceptors (Lipinski definition) is 1. The van der Waals surface area contributed by atoms with Crippen molar-refractivity contribution >= 4 is 24.0 Å². The first-order chi connectivity index (χ1) is 6.27. The average molecular weight is 232 g/mol. The van der Waals surface area contributed by atoms with E-state index in [9.17, 15) is 0 Å². The van der Waals surface area contributed by atoms with Gasteiger partial charge in [-0.05, 0) is 43.0 Å². The van der Waals surface area contributed by atoms with Gasteiger partial charge in [0.25, 0.3) is 0 Å². The minimum absolute atomic E-state index is 0.